The Morgan fingerprint density at radius 1 is 0.329 bits per heavy atom. The molecule has 0 aliphatic rings. The van der Waals surface area contributed by atoms with Gasteiger partial charge in [-0.2, -0.15) is 0 Å². The van der Waals surface area contributed by atoms with E-state index in [2.05, 4.69) is 252 Å². The second kappa shape index (κ2) is 16.4. The topological polar surface area (TPSA) is 48.8 Å². The molecule has 0 spiro atoms. The summed E-state index contributed by atoms with van der Waals surface area (Å²) >= 11 is 0. The highest BCUT2D eigenvalue weighted by Crippen LogP contribution is 2.46. The first-order valence-corrected chi connectivity index (χ1v) is 24.8. The fraction of sp³-hybridized carbons (Fsp3) is 0. The van der Waals surface area contributed by atoms with Gasteiger partial charge in [0, 0.05) is 54.7 Å². The minimum atomic E-state index is 0.661. The third-order valence-corrected chi connectivity index (χ3v) is 14.7. The van der Waals surface area contributed by atoms with Crippen molar-refractivity contribution in [1.29, 1.82) is 0 Å². The smallest absolute Gasteiger partial charge is 0.160 e. The normalized spacial score (nSPS) is 11.8. The molecule has 5 nitrogen and oxygen atoms in total. The van der Waals surface area contributed by atoms with Crippen molar-refractivity contribution < 1.29 is 4.42 Å². The molecule has 15 aromatic rings. The lowest BCUT2D eigenvalue weighted by molar-refractivity contribution is 0.666. The van der Waals surface area contributed by atoms with E-state index in [1.807, 2.05) is 12.1 Å². The molecule has 0 aliphatic carbocycles. The van der Waals surface area contributed by atoms with Gasteiger partial charge in [-0.25, -0.2) is 9.97 Å². The van der Waals surface area contributed by atoms with Gasteiger partial charge >= 0.3 is 0 Å². The predicted molar refractivity (Wildman–Crippen MR) is 303 cm³/mol. The van der Waals surface area contributed by atoms with Crippen LogP contribution < -0.4 is 0 Å². The van der Waals surface area contributed by atoms with Crippen LogP contribution in [-0.4, -0.2) is 19.1 Å². The molecule has 15 rings (SSSR count). The Morgan fingerprint density at radius 2 is 0.890 bits per heavy atom. The van der Waals surface area contributed by atoms with Crippen molar-refractivity contribution in [2.45, 2.75) is 0 Å². The van der Waals surface area contributed by atoms with Gasteiger partial charge in [0.15, 0.2) is 11.4 Å². The fourth-order valence-corrected chi connectivity index (χ4v) is 11.4. The van der Waals surface area contributed by atoms with Crippen molar-refractivity contribution in [3.63, 3.8) is 0 Å². The maximum absolute atomic E-state index is 7.39. The summed E-state index contributed by atoms with van der Waals surface area (Å²) in [7, 11) is 0. The van der Waals surface area contributed by atoms with Gasteiger partial charge in [0.1, 0.15) is 5.58 Å². The number of hydrogen-bond donors (Lipinski definition) is 0. The van der Waals surface area contributed by atoms with E-state index in [-0.39, 0.29) is 0 Å². The standard InChI is InChI=1S/C68H42N4O/c1-4-19-44(20-5-1)58-42-59(45-21-6-2-7-22-45)70-68(69-58)49-25-16-24-48(39-49)57-40-50(47-35-34-43-18-10-11-23-46(43)38-47)41-63-64(57)56-30-17-33-62(67(56)73-63)72-61-32-15-13-29-53(61)55-37-36-54-52-28-12-14-31-60(52)71(65(54)66(55)72)51-26-8-3-9-27-51/h1-42H. The van der Waals surface area contributed by atoms with E-state index in [0.29, 0.717) is 5.82 Å². The van der Waals surface area contributed by atoms with E-state index < -0.39 is 0 Å². The highest BCUT2D eigenvalue weighted by Gasteiger charge is 2.25. The summed E-state index contributed by atoms with van der Waals surface area (Å²) in [5.41, 5.74) is 17.3. The molecule has 340 valence electrons. The van der Waals surface area contributed by atoms with Crippen molar-refractivity contribution >= 4 is 76.3 Å². The minimum absolute atomic E-state index is 0.661. The summed E-state index contributed by atoms with van der Waals surface area (Å²) in [6.07, 6.45) is 0. The molecular formula is C68H42N4O. The van der Waals surface area contributed by atoms with Crippen molar-refractivity contribution in [1.82, 2.24) is 19.1 Å². The van der Waals surface area contributed by atoms with Gasteiger partial charge in [-0.15, -0.1) is 0 Å². The van der Waals surface area contributed by atoms with Gasteiger partial charge in [0.2, 0.25) is 0 Å². The van der Waals surface area contributed by atoms with Gasteiger partial charge in [0.05, 0.1) is 39.1 Å². The maximum Gasteiger partial charge on any atom is 0.160 e. The van der Waals surface area contributed by atoms with Gasteiger partial charge < -0.3 is 13.6 Å². The molecule has 5 heteroatoms. The first-order valence-electron chi connectivity index (χ1n) is 24.8. The van der Waals surface area contributed by atoms with Crippen molar-refractivity contribution in [3.05, 3.63) is 255 Å². The second-order valence-corrected chi connectivity index (χ2v) is 18.9. The van der Waals surface area contributed by atoms with Crippen LogP contribution in [0, 0.1) is 0 Å². The second-order valence-electron chi connectivity index (χ2n) is 18.9. The minimum Gasteiger partial charge on any atom is -0.454 e. The first kappa shape index (κ1) is 41.0. The number of aromatic nitrogens is 4. The molecule has 0 bridgehead atoms. The molecular weight excluding hydrogens is 889 g/mol. The summed E-state index contributed by atoms with van der Waals surface area (Å²) in [4.78, 5) is 10.5. The van der Waals surface area contributed by atoms with E-state index in [1.54, 1.807) is 0 Å². The van der Waals surface area contributed by atoms with Crippen LogP contribution in [0.25, 0.3) is 144 Å². The van der Waals surface area contributed by atoms with Crippen molar-refractivity contribution in [2.75, 3.05) is 0 Å². The Morgan fingerprint density at radius 3 is 1.60 bits per heavy atom. The summed E-state index contributed by atoms with van der Waals surface area (Å²) in [6, 6.07) is 90.9. The van der Waals surface area contributed by atoms with Crippen LogP contribution >= 0.6 is 0 Å². The summed E-state index contributed by atoms with van der Waals surface area (Å²) < 4.78 is 12.3. The molecule has 4 aromatic heterocycles. The van der Waals surface area contributed by atoms with Crippen molar-refractivity contribution in [3.8, 4) is 67.5 Å². The first-order chi connectivity index (χ1) is 36.2. The lowest BCUT2D eigenvalue weighted by Crippen LogP contribution is -1.99. The lowest BCUT2D eigenvalue weighted by atomic mass is 9.92. The molecule has 0 amide bonds. The summed E-state index contributed by atoms with van der Waals surface area (Å²) in [5.74, 6) is 0.661. The van der Waals surface area contributed by atoms with Gasteiger partial charge in [-0.05, 0) is 93.7 Å². The molecule has 0 N–H and O–H groups in total. The largest absolute Gasteiger partial charge is 0.454 e. The zero-order chi connectivity index (χ0) is 48.0. The zero-order valence-electron chi connectivity index (χ0n) is 39.4. The van der Waals surface area contributed by atoms with Crippen LogP contribution in [0.5, 0.6) is 0 Å². The van der Waals surface area contributed by atoms with E-state index in [1.165, 1.54) is 32.3 Å². The lowest BCUT2D eigenvalue weighted by Gasteiger charge is -2.13. The van der Waals surface area contributed by atoms with Gasteiger partial charge in [-0.1, -0.05) is 194 Å². The number of furan rings is 1. The number of rotatable bonds is 7. The van der Waals surface area contributed by atoms with Crippen molar-refractivity contribution in [2.24, 2.45) is 0 Å². The van der Waals surface area contributed by atoms with Crippen LogP contribution in [0.4, 0.5) is 0 Å². The number of hydrogen-bond acceptors (Lipinski definition) is 3. The maximum atomic E-state index is 7.39. The molecule has 0 saturated heterocycles. The fourth-order valence-electron chi connectivity index (χ4n) is 11.4. The summed E-state index contributed by atoms with van der Waals surface area (Å²) in [5, 5.41) is 9.25. The number of fused-ring (bicyclic) bond motifs is 11. The Labute approximate surface area is 420 Å². The van der Waals surface area contributed by atoms with E-state index in [9.17, 15) is 0 Å². The number of benzene rings is 11. The van der Waals surface area contributed by atoms with Crippen LogP contribution in [0.3, 0.4) is 0 Å². The molecule has 0 aliphatic heterocycles. The average Bonchev–Trinajstić information content (AvgIpc) is 4.14. The van der Waals surface area contributed by atoms with Gasteiger partial charge in [-0.3, -0.25) is 0 Å². The Bertz CT molecular complexity index is 4600. The molecule has 0 fully saturated rings. The zero-order valence-corrected chi connectivity index (χ0v) is 39.4. The Kier molecular flexibility index (Phi) is 9.19. The van der Waals surface area contributed by atoms with Gasteiger partial charge in [0.25, 0.3) is 0 Å². The molecule has 73 heavy (non-hydrogen) atoms. The highest BCUT2D eigenvalue weighted by atomic mass is 16.3. The van der Waals surface area contributed by atoms with Crippen LogP contribution in [0.15, 0.2) is 259 Å². The van der Waals surface area contributed by atoms with Crippen LogP contribution in [-0.2, 0) is 0 Å². The molecule has 0 radical (unpaired) electrons. The molecule has 4 heterocycles. The average molecular weight is 931 g/mol. The van der Waals surface area contributed by atoms with E-state index in [4.69, 9.17) is 14.4 Å². The highest BCUT2D eigenvalue weighted by molar-refractivity contribution is 6.25. The van der Waals surface area contributed by atoms with E-state index in [0.717, 1.165) is 106 Å². The van der Waals surface area contributed by atoms with Crippen LogP contribution in [0.2, 0.25) is 0 Å². The molecule has 0 saturated carbocycles. The molecule has 11 aromatic carbocycles. The Balaban J connectivity index is 1.00. The van der Waals surface area contributed by atoms with E-state index >= 15 is 0 Å². The quantitative estimate of drug-likeness (QED) is 0.160. The summed E-state index contributed by atoms with van der Waals surface area (Å²) in [6.45, 7) is 0. The monoisotopic (exact) mass is 930 g/mol. The number of nitrogens with zero attached hydrogens (tertiary/aromatic N) is 4. The Hall–Kier alpha value is -9.84. The molecule has 0 atom stereocenters. The third-order valence-electron chi connectivity index (χ3n) is 14.7. The SMILES string of the molecule is c1ccc(-c2cc(-c3ccccc3)nc(-c3cccc(-c4cc(-c5ccc6ccccc6c5)cc5oc6c(-n7c8ccccc8c8ccc9c%10ccccc%10n(-c%10ccccc%10)c9c87)cccc6c45)c3)n2)cc1. The third kappa shape index (κ3) is 6.56. The number of para-hydroxylation sites is 4. The van der Waals surface area contributed by atoms with Crippen LogP contribution in [0.1, 0.15) is 0 Å². The predicted octanol–water partition coefficient (Wildman–Crippen LogP) is 18.1. The molecule has 0 unspecified atom stereocenters.